The Morgan fingerprint density at radius 2 is 1.24 bits per heavy atom. The number of unbranched alkanes of at least 4 members (excludes halogenated alkanes) is 1. The van der Waals surface area contributed by atoms with Crippen molar-refractivity contribution in [3.63, 3.8) is 0 Å². The molecule has 17 unspecified atom stereocenters. The quantitative estimate of drug-likeness (QED) is 0.0490. The molecule has 0 bridgehead atoms. The maximum Gasteiger partial charge on any atom is 0.311 e. The average Bonchev–Trinajstić information content (AvgIpc) is 3.61. The molecule has 75 heavy (non-hydrogen) atoms. The Balaban J connectivity index is 2.31. The summed E-state index contributed by atoms with van der Waals surface area (Å²) in [5.41, 5.74) is 12.5. The van der Waals surface area contributed by atoms with Crippen LogP contribution in [0.15, 0.2) is 28.3 Å². The number of allylic oxidation sites excluding steroid dienone is 1. The van der Waals surface area contributed by atoms with Crippen LogP contribution in [0.5, 0.6) is 0 Å². The molecule has 1 saturated heterocycles. The number of nitrogens with two attached hydrogens (primary N) is 2. The summed E-state index contributed by atoms with van der Waals surface area (Å²) in [6, 6.07) is 0. The zero-order valence-electron chi connectivity index (χ0n) is 46.0. The highest BCUT2D eigenvalue weighted by atomic mass is 16.7. The van der Waals surface area contributed by atoms with Gasteiger partial charge in [-0.1, -0.05) is 64.7 Å². The van der Waals surface area contributed by atoms with Crippen LogP contribution in [0.2, 0.25) is 0 Å². The second kappa shape index (κ2) is 36.7. The third kappa shape index (κ3) is 26.4. The minimum Gasteiger partial charge on any atom is -0.462 e. The summed E-state index contributed by atoms with van der Waals surface area (Å²) in [6.45, 7) is 10.8. The average molecular weight is 1080 g/mol. The van der Waals surface area contributed by atoms with Crippen LogP contribution in [0.4, 0.5) is 0 Å². The van der Waals surface area contributed by atoms with Crippen LogP contribution >= 0.6 is 0 Å². The minimum absolute atomic E-state index is 0.0173. The van der Waals surface area contributed by atoms with E-state index < -0.39 is 122 Å². The van der Waals surface area contributed by atoms with Crippen molar-refractivity contribution in [2.24, 2.45) is 40.1 Å². The van der Waals surface area contributed by atoms with Crippen LogP contribution in [0.25, 0.3) is 0 Å². The third-order valence-electron chi connectivity index (χ3n) is 15.3. The fourth-order valence-electron chi connectivity index (χ4n) is 10.3. The lowest BCUT2D eigenvalue weighted by atomic mass is 9.84. The van der Waals surface area contributed by atoms with Crippen molar-refractivity contribution in [3.05, 3.63) is 23.3 Å². The Morgan fingerprint density at radius 3 is 1.84 bits per heavy atom. The number of hydrogen-bond donors (Lipinski definition) is 15. The number of esters is 1. The number of hydrogen-bond acceptors (Lipinski definition) is 18. The zero-order chi connectivity index (χ0) is 56.4. The van der Waals surface area contributed by atoms with Gasteiger partial charge >= 0.3 is 5.97 Å². The molecule has 20 atom stereocenters. The molecule has 0 amide bonds. The van der Waals surface area contributed by atoms with Crippen molar-refractivity contribution in [1.82, 2.24) is 0 Å². The Hall–Kier alpha value is -2.38. The molecule has 440 valence electrons. The summed E-state index contributed by atoms with van der Waals surface area (Å²) < 4.78 is 17.6. The van der Waals surface area contributed by atoms with E-state index in [2.05, 4.69) is 4.99 Å². The van der Waals surface area contributed by atoms with Crippen molar-refractivity contribution in [2.75, 3.05) is 13.2 Å². The lowest BCUT2D eigenvalue weighted by Gasteiger charge is -2.33. The minimum atomic E-state index is -1.59. The molecule has 1 fully saturated rings. The number of cyclic esters (lactones) is 1. The zero-order valence-corrected chi connectivity index (χ0v) is 46.0. The van der Waals surface area contributed by atoms with Gasteiger partial charge in [-0.15, -0.1) is 0 Å². The maximum absolute atomic E-state index is 14.1. The number of nitrogens with zero attached hydrogens (tertiary/aromatic N) is 1. The van der Waals surface area contributed by atoms with E-state index in [1.165, 1.54) is 6.08 Å². The van der Waals surface area contributed by atoms with E-state index in [-0.39, 0.29) is 49.9 Å². The first-order valence-electron chi connectivity index (χ1n) is 28.1. The molecule has 20 heteroatoms. The highest BCUT2D eigenvalue weighted by molar-refractivity contribution is 5.75. The van der Waals surface area contributed by atoms with E-state index >= 15 is 0 Å². The molecule has 2 rings (SSSR count). The molecule has 0 aromatic heterocycles. The highest BCUT2D eigenvalue weighted by Gasteiger charge is 2.45. The number of aliphatic hydroxyl groups excluding tert-OH is 13. The van der Waals surface area contributed by atoms with Crippen molar-refractivity contribution in [1.29, 1.82) is 0 Å². The molecule has 0 saturated carbocycles. The molecule has 2 aliphatic heterocycles. The van der Waals surface area contributed by atoms with Gasteiger partial charge in [0.2, 0.25) is 0 Å². The van der Waals surface area contributed by atoms with Gasteiger partial charge < -0.3 is 92.1 Å². The van der Waals surface area contributed by atoms with Crippen molar-refractivity contribution < 1.29 is 85.4 Å². The van der Waals surface area contributed by atoms with Gasteiger partial charge in [-0.25, -0.2) is 0 Å². The second-order valence-electron chi connectivity index (χ2n) is 22.2. The number of carbonyl (C=O) groups is 1. The normalized spacial score (nSPS) is 40.2. The van der Waals surface area contributed by atoms with Crippen LogP contribution in [0.1, 0.15) is 176 Å². The largest absolute Gasteiger partial charge is 0.462 e. The molecule has 17 N–H and O–H groups in total. The van der Waals surface area contributed by atoms with Crippen LogP contribution < -0.4 is 11.5 Å². The van der Waals surface area contributed by atoms with Gasteiger partial charge in [0.15, 0.2) is 12.2 Å². The number of aliphatic imine (C=N–C) groups is 1. The first kappa shape index (κ1) is 68.7. The van der Waals surface area contributed by atoms with Crippen LogP contribution in [0.3, 0.4) is 0 Å². The Morgan fingerprint density at radius 1 is 0.653 bits per heavy atom. The third-order valence-corrected chi connectivity index (χ3v) is 15.3. The van der Waals surface area contributed by atoms with Gasteiger partial charge in [-0.3, -0.25) is 9.79 Å². The molecular weight excluding hydrogens is 975 g/mol. The molecule has 0 radical (unpaired) electrons. The standard InChI is InChI=1S/C55H103N3O17/c1-7-8-19-43-50(69)33(3)22-23-38(61)17-11-16-37(60)18-12-20-44(66)34(4)26-47(74-54-52(71)51(70)48(31-59)75-54)45(67)30-42(65)29-41(64)28-40(63)27-39(62)15-10-9-14-32(2)25-35(5)49(68)36(6)46(73-53(43)72)21-13-24-58-55(56)57/h25-26,33,35-52,54,59-71H,7-24,27-31H2,1-6H3,(H4,56,57,58)/b32-25+,34-26+/t33?,35?,36?,37?,38?,39?,40?,41?,42?,43?,44?,45?,46?,47?,48-,49?,50?,51-,52+,54?/m1/s1. The van der Waals surface area contributed by atoms with E-state index in [0.717, 1.165) is 12.0 Å². The van der Waals surface area contributed by atoms with Gasteiger partial charge in [-0.05, 0) is 134 Å². The van der Waals surface area contributed by atoms with E-state index in [4.69, 9.17) is 25.7 Å². The Bertz CT molecular complexity index is 1640. The number of aliphatic hydroxyl groups is 13. The van der Waals surface area contributed by atoms with E-state index in [9.17, 15) is 71.2 Å². The first-order valence-corrected chi connectivity index (χ1v) is 28.1. The smallest absolute Gasteiger partial charge is 0.311 e. The van der Waals surface area contributed by atoms with Gasteiger partial charge in [0.05, 0.1) is 73.6 Å². The lowest BCUT2D eigenvalue weighted by molar-refractivity contribution is -0.202. The summed E-state index contributed by atoms with van der Waals surface area (Å²) >= 11 is 0. The summed E-state index contributed by atoms with van der Waals surface area (Å²) in [4.78, 5) is 18.2. The van der Waals surface area contributed by atoms with E-state index in [1.54, 1.807) is 6.92 Å². The second-order valence-corrected chi connectivity index (χ2v) is 22.2. The van der Waals surface area contributed by atoms with Gasteiger partial charge in [0, 0.05) is 24.8 Å². The van der Waals surface area contributed by atoms with Crippen molar-refractivity contribution >= 4 is 11.9 Å². The number of carbonyl (C=O) groups excluding carboxylic acids is 1. The monoisotopic (exact) mass is 1080 g/mol. The van der Waals surface area contributed by atoms with Crippen molar-refractivity contribution in [2.45, 2.75) is 274 Å². The van der Waals surface area contributed by atoms with Crippen LogP contribution in [-0.4, -0.2) is 189 Å². The Kier molecular flexibility index (Phi) is 33.7. The summed E-state index contributed by atoms with van der Waals surface area (Å²) in [5.74, 6) is -2.63. The number of guanidine groups is 1. The molecule has 0 aromatic carbocycles. The molecule has 20 nitrogen and oxygen atoms in total. The summed E-state index contributed by atoms with van der Waals surface area (Å²) in [6.07, 6.45) is -7.36. The molecular formula is C55H103N3O17. The van der Waals surface area contributed by atoms with Gasteiger partial charge in [-0.2, -0.15) is 0 Å². The van der Waals surface area contributed by atoms with E-state index in [0.29, 0.717) is 108 Å². The number of rotatable bonds is 10. The van der Waals surface area contributed by atoms with Crippen LogP contribution in [-0.2, 0) is 19.0 Å². The predicted molar refractivity (Wildman–Crippen MR) is 284 cm³/mol. The fraction of sp³-hybridized carbons (Fsp3) is 0.891. The lowest BCUT2D eigenvalue weighted by Crippen LogP contribution is -2.41. The summed E-state index contributed by atoms with van der Waals surface area (Å²) in [7, 11) is 0. The number of ether oxygens (including phenoxy) is 3. The first-order chi connectivity index (χ1) is 35.4. The van der Waals surface area contributed by atoms with E-state index in [1.807, 2.05) is 40.7 Å². The van der Waals surface area contributed by atoms with Crippen molar-refractivity contribution in [3.8, 4) is 0 Å². The molecule has 0 aliphatic carbocycles. The van der Waals surface area contributed by atoms with Gasteiger partial charge in [0.25, 0.3) is 0 Å². The highest BCUT2D eigenvalue weighted by Crippen LogP contribution is 2.31. The predicted octanol–water partition coefficient (Wildman–Crippen LogP) is 2.25. The maximum atomic E-state index is 14.1. The SMILES string of the molecule is CCCCC1C(=O)OC(CCCN=C(N)N)C(C)C(O)C(C)/C=C(\C)CCCCC(O)CC(O)CC(O)CC(O)CC(O)C(OC2O[C@H](CO)[C@@H](O)[C@@H]2O)/C=C(\C)C(O)CCCC(O)CCCC(O)CCC(C)C1O. The van der Waals surface area contributed by atoms with Gasteiger partial charge in [0.1, 0.15) is 30.5 Å². The molecule has 2 heterocycles. The van der Waals surface area contributed by atoms with Crippen LogP contribution in [0, 0.1) is 23.7 Å². The fourth-order valence-corrected chi connectivity index (χ4v) is 10.3. The topological polar surface area (TPSA) is 372 Å². The molecule has 0 spiro atoms. The molecule has 0 aromatic rings. The summed E-state index contributed by atoms with van der Waals surface area (Å²) in [5, 5.41) is 141. The Labute approximate surface area is 446 Å². The molecule has 2 aliphatic rings.